The molecule has 0 atom stereocenters. The molecule has 3 aromatic rings. The molecular weight excluding hydrogens is 353 g/mol. The van der Waals surface area contributed by atoms with Gasteiger partial charge in [-0.3, -0.25) is 0 Å². The standard InChI is InChI=1S/C22H24FN5/c1-2-28(20-6-4-3-5-7-20)22-24-13-12-21(25-22)27-16-14-26(15-17-27)19-10-8-18(23)9-11-19/h3-13H,2,14-17H2,1H3. The summed E-state index contributed by atoms with van der Waals surface area (Å²) in [5, 5.41) is 0. The maximum atomic E-state index is 13.1. The second-order valence-corrected chi connectivity index (χ2v) is 6.75. The van der Waals surface area contributed by atoms with Gasteiger partial charge in [-0.05, 0) is 49.4 Å². The van der Waals surface area contributed by atoms with Gasteiger partial charge in [0.25, 0.3) is 0 Å². The number of nitrogens with zero attached hydrogens (tertiary/aromatic N) is 5. The molecule has 1 fully saturated rings. The lowest BCUT2D eigenvalue weighted by atomic mass is 10.2. The van der Waals surface area contributed by atoms with Crippen molar-refractivity contribution >= 4 is 23.1 Å². The highest BCUT2D eigenvalue weighted by atomic mass is 19.1. The molecule has 1 aliphatic heterocycles. The van der Waals surface area contributed by atoms with Crippen LogP contribution in [0.25, 0.3) is 0 Å². The number of hydrogen-bond donors (Lipinski definition) is 0. The van der Waals surface area contributed by atoms with Gasteiger partial charge in [0.05, 0.1) is 0 Å². The molecule has 2 aromatic carbocycles. The Morgan fingerprint density at radius 3 is 2.25 bits per heavy atom. The maximum Gasteiger partial charge on any atom is 0.231 e. The van der Waals surface area contributed by atoms with Crippen LogP contribution < -0.4 is 14.7 Å². The first kappa shape index (κ1) is 18.2. The fourth-order valence-electron chi connectivity index (χ4n) is 3.54. The van der Waals surface area contributed by atoms with Crippen molar-refractivity contribution in [2.24, 2.45) is 0 Å². The SMILES string of the molecule is CCN(c1ccccc1)c1nccc(N2CCN(c3ccc(F)cc3)CC2)n1. The van der Waals surface area contributed by atoms with Crippen LogP contribution in [0.4, 0.5) is 27.5 Å². The predicted molar refractivity (Wildman–Crippen MR) is 112 cm³/mol. The smallest absolute Gasteiger partial charge is 0.231 e. The second kappa shape index (κ2) is 8.25. The van der Waals surface area contributed by atoms with Crippen LogP contribution in [0.5, 0.6) is 0 Å². The predicted octanol–water partition coefficient (Wildman–Crippen LogP) is 4.10. The van der Waals surface area contributed by atoms with Gasteiger partial charge in [-0.15, -0.1) is 0 Å². The highest BCUT2D eigenvalue weighted by Gasteiger charge is 2.20. The minimum Gasteiger partial charge on any atom is -0.368 e. The van der Waals surface area contributed by atoms with Crippen LogP contribution in [0.1, 0.15) is 6.92 Å². The van der Waals surface area contributed by atoms with Gasteiger partial charge in [-0.2, -0.15) is 4.98 Å². The average Bonchev–Trinajstić information content (AvgIpc) is 2.76. The summed E-state index contributed by atoms with van der Waals surface area (Å²) < 4.78 is 13.1. The van der Waals surface area contributed by atoms with Crippen LogP contribution in [0.15, 0.2) is 66.9 Å². The summed E-state index contributed by atoms with van der Waals surface area (Å²) in [5.74, 6) is 1.46. The van der Waals surface area contributed by atoms with E-state index in [2.05, 4.69) is 38.7 Å². The first-order valence-corrected chi connectivity index (χ1v) is 9.65. The lowest BCUT2D eigenvalue weighted by Gasteiger charge is -2.37. The summed E-state index contributed by atoms with van der Waals surface area (Å²) in [6, 6.07) is 18.9. The summed E-state index contributed by atoms with van der Waals surface area (Å²) >= 11 is 0. The molecule has 0 saturated carbocycles. The fraction of sp³-hybridized carbons (Fsp3) is 0.273. The maximum absolute atomic E-state index is 13.1. The fourth-order valence-corrected chi connectivity index (χ4v) is 3.54. The van der Waals surface area contributed by atoms with Gasteiger partial charge >= 0.3 is 0 Å². The zero-order valence-electron chi connectivity index (χ0n) is 16.0. The summed E-state index contributed by atoms with van der Waals surface area (Å²) in [6.07, 6.45) is 1.83. The van der Waals surface area contributed by atoms with Crippen molar-refractivity contribution in [1.29, 1.82) is 0 Å². The Bertz CT molecular complexity index is 892. The van der Waals surface area contributed by atoms with Crippen molar-refractivity contribution in [2.45, 2.75) is 6.92 Å². The molecule has 1 saturated heterocycles. The van der Waals surface area contributed by atoms with Crippen molar-refractivity contribution in [3.05, 3.63) is 72.7 Å². The van der Waals surface area contributed by atoms with Gasteiger partial charge in [0.1, 0.15) is 11.6 Å². The lowest BCUT2D eigenvalue weighted by molar-refractivity contribution is 0.624. The molecule has 2 heterocycles. The molecule has 0 aliphatic carbocycles. The molecule has 5 nitrogen and oxygen atoms in total. The van der Waals surface area contributed by atoms with E-state index in [1.54, 1.807) is 0 Å². The average molecular weight is 377 g/mol. The quantitative estimate of drug-likeness (QED) is 0.669. The number of halogens is 1. The van der Waals surface area contributed by atoms with Crippen molar-refractivity contribution in [3.8, 4) is 0 Å². The molecule has 144 valence electrons. The van der Waals surface area contributed by atoms with Gasteiger partial charge in [-0.1, -0.05) is 18.2 Å². The molecule has 1 aliphatic rings. The van der Waals surface area contributed by atoms with Crippen LogP contribution in [-0.2, 0) is 0 Å². The molecule has 1 aromatic heterocycles. The largest absolute Gasteiger partial charge is 0.368 e. The third-order valence-corrected chi connectivity index (χ3v) is 5.05. The Morgan fingerprint density at radius 1 is 0.893 bits per heavy atom. The van der Waals surface area contributed by atoms with E-state index in [4.69, 9.17) is 4.98 Å². The summed E-state index contributed by atoms with van der Waals surface area (Å²) in [4.78, 5) is 16.0. The minimum atomic E-state index is -0.199. The van der Waals surface area contributed by atoms with Crippen molar-refractivity contribution in [1.82, 2.24) is 9.97 Å². The van der Waals surface area contributed by atoms with Crippen LogP contribution in [0.3, 0.4) is 0 Å². The van der Waals surface area contributed by atoms with Crippen LogP contribution in [0, 0.1) is 5.82 Å². The number of rotatable bonds is 5. The van der Waals surface area contributed by atoms with E-state index in [0.717, 1.165) is 49.9 Å². The van der Waals surface area contributed by atoms with E-state index in [1.807, 2.05) is 42.6 Å². The van der Waals surface area contributed by atoms with E-state index >= 15 is 0 Å². The normalized spacial score (nSPS) is 14.2. The Kier molecular flexibility index (Phi) is 5.37. The summed E-state index contributed by atoms with van der Waals surface area (Å²) in [7, 11) is 0. The van der Waals surface area contributed by atoms with Crippen molar-refractivity contribution in [3.63, 3.8) is 0 Å². The second-order valence-electron chi connectivity index (χ2n) is 6.75. The van der Waals surface area contributed by atoms with E-state index in [1.165, 1.54) is 12.1 Å². The molecule has 0 spiro atoms. The lowest BCUT2D eigenvalue weighted by Crippen LogP contribution is -2.46. The zero-order chi connectivity index (χ0) is 19.3. The van der Waals surface area contributed by atoms with E-state index in [0.29, 0.717) is 5.95 Å². The number of anilines is 4. The van der Waals surface area contributed by atoms with E-state index in [-0.39, 0.29) is 5.82 Å². The highest BCUT2D eigenvalue weighted by molar-refractivity contribution is 5.58. The number of piperazine rings is 1. The Balaban J connectivity index is 1.47. The van der Waals surface area contributed by atoms with Gasteiger partial charge < -0.3 is 14.7 Å². The molecule has 0 amide bonds. The Labute approximate surface area is 165 Å². The van der Waals surface area contributed by atoms with Gasteiger partial charge in [0.15, 0.2) is 0 Å². The minimum absolute atomic E-state index is 0.199. The van der Waals surface area contributed by atoms with Gasteiger partial charge in [0, 0.05) is 50.3 Å². The summed E-state index contributed by atoms with van der Waals surface area (Å²) in [5.41, 5.74) is 2.15. The van der Waals surface area contributed by atoms with Gasteiger partial charge in [-0.25, -0.2) is 9.37 Å². The van der Waals surface area contributed by atoms with E-state index < -0.39 is 0 Å². The van der Waals surface area contributed by atoms with Crippen LogP contribution in [0.2, 0.25) is 0 Å². The Hall–Kier alpha value is -3.15. The van der Waals surface area contributed by atoms with Gasteiger partial charge in [0.2, 0.25) is 5.95 Å². The topological polar surface area (TPSA) is 35.5 Å². The van der Waals surface area contributed by atoms with Crippen LogP contribution >= 0.6 is 0 Å². The third-order valence-electron chi connectivity index (χ3n) is 5.05. The Morgan fingerprint density at radius 2 is 1.57 bits per heavy atom. The first-order valence-electron chi connectivity index (χ1n) is 9.65. The van der Waals surface area contributed by atoms with Crippen molar-refractivity contribution in [2.75, 3.05) is 47.4 Å². The number of para-hydroxylation sites is 1. The number of benzene rings is 2. The third kappa shape index (κ3) is 3.91. The summed E-state index contributed by atoms with van der Waals surface area (Å²) in [6.45, 7) is 6.38. The monoisotopic (exact) mass is 377 g/mol. The molecular formula is C22H24FN5. The molecule has 0 bridgehead atoms. The molecule has 28 heavy (non-hydrogen) atoms. The molecule has 0 radical (unpaired) electrons. The number of hydrogen-bond acceptors (Lipinski definition) is 5. The van der Waals surface area contributed by atoms with E-state index in [9.17, 15) is 4.39 Å². The molecule has 0 N–H and O–H groups in total. The molecule has 0 unspecified atom stereocenters. The van der Waals surface area contributed by atoms with Crippen molar-refractivity contribution < 1.29 is 4.39 Å². The zero-order valence-corrected chi connectivity index (χ0v) is 16.0. The molecule has 4 rings (SSSR count). The number of aromatic nitrogens is 2. The highest BCUT2D eigenvalue weighted by Crippen LogP contribution is 2.24. The van der Waals surface area contributed by atoms with Crippen LogP contribution in [-0.4, -0.2) is 42.7 Å². The first-order chi connectivity index (χ1) is 13.7. The molecule has 6 heteroatoms.